The molecule has 0 bridgehead atoms. The van der Waals surface area contributed by atoms with E-state index in [4.69, 9.17) is 0 Å². The third-order valence-corrected chi connectivity index (χ3v) is 52.3. The summed E-state index contributed by atoms with van der Waals surface area (Å²) in [6, 6.07) is 0. The summed E-state index contributed by atoms with van der Waals surface area (Å²) in [4.78, 5) is 0. The van der Waals surface area contributed by atoms with Gasteiger partial charge in [-0.05, 0) is 44.8 Å². The highest BCUT2D eigenvalue weighted by Crippen LogP contribution is 3.27. The van der Waals surface area contributed by atoms with Crippen molar-refractivity contribution in [1.82, 2.24) is 0 Å². The third-order valence-electron chi connectivity index (χ3n) is 5.08. The van der Waals surface area contributed by atoms with E-state index in [-0.39, 0.29) is 18.1 Å². The maximum absolute atomic E-state index is 13.3. The number of hydrogen-bond donors (Lipinski definition) is 0. The van der Waals surface area contributed by atoms with Gasteiger partial charge < -0.3 is 0 Å². The van der Waals surface area contributed by atoms with Crippen molar-refractivity contribution in [1.29, 1.82) is 0 Å². The highest BCUT2D eigenvalue weighted by molar-refractivity contribution is 10.1. The van der Waals surface area contributed by atoms with Crippen molar-refractivity contribution in [3.05, 3.63) is 0 Å². The second-order valence-electron chi connectivity index (χ2n) is 9.03. The van der Waals surface area contributed by atoms with Gasteiger partial charge in [-0.25, -0.2) is 0 Å². The number of rotatable bonds is 26. The van der Waals surface area contributed by atoms with Gasteiger partial charge in [-0.3, -0.25) is 0 Å². The van der Waals surface area contributed by atoms with E-state index < -0.39 is 30.0 Å². The number of halogens is 7. The van der Waals surface area contributed by atoms with Crippen molar-refractivity contribution in [3.63, 3.8) is 0 Å². The Morgan fingerprint density at radius 1 is 0.634 bits per heavy atom. The van der Waals surface area contributed by atoms with Crippen LogP contribution < -0.4 is 0 Å². The molecular formula is C24H47F7S10. The van der Waals surface area contributed by atoms with Crippen LogP contribution in [0.5, 0.6) is 0 Å². The maximum atomic E-state index is 13.3. The standard InChI is InChI=1S/C24H47F7S10/c1-7-10-17-35-41(33-9-3,34-16-8-2,40-20(4)5,37-19-13-14-23(29,30)31)36-18-12-11-15-24(32-6,38-21(25)26)39-22(27)28/h20-22H,7-19H2,1-6H3. The summed E-state index contributed by atoms with van der Waals surface area (Å²) in [5, 5.41) is 0.242. The van der Waals surface area contributed by atoms with Gasteiger partial charge in [0, 0.05) is 40.4 Å². The summed E-state index contributed by atoms with van der Waals surface area (Å²) in [6.07, 6.45) is 1.03. The van der Waals surface area contributed by atoms with Gasteiger partial charge in [0.15, 0.2) is 0 Å². The van der Waals surface area contributed by atoms with Crippen LogP contribution >= 0.6 is 103 Å². The van der Waals surface area contributed by atoms with E-state index in [1.807, 2.05) is 54.0 Å². The lowest BCUT2D eigenvalue weighted by molar-refractivity contribution is -0.134. The largest absolute Gasteiger partial charge is 0.389 e. The molecule has 0 saturated carbocycles. The number of alkyl halides is 7. The Balaban J connectivity index is 6.34. The molecule has 0 unspecified atom stereocenters. The van der Waals surface area contributed by atoms with Gasteiger partial charge in [0.2, 0.25) is 0 Å². The summed E-state index contributed by atoms with van der Waals surface area (Å²) >= 11 is 1.64. The van der Waals surface area contributed by atoms with E-state index >= 15 is 0 Å². The van der Waals surface area contributed by atoms with Crippen LogP contribution in [0.2, 0.25) is 0 Å². The zero-order chi connectivity index (χ0) is 31.7. The minimum atomic E-state index is -4.19. The monoisotopic (exact) mass is 788 g/mol. The zero-order valence-electron chi connectivity index (χ0n) is 24.7. The Bertz CT molecular complexity index is 709. The summed E-state index contributed by atoms with van der Waals surface area (Å²) in [7, 11) is 11.4. The molecule has 0 amide bonds. The average molecular weight is 789 g/mol. The first kappa shape index (κ1) is 44.0. The molecule has 41 heavy (non-hydrogen) atoms. The fourth-order valence-corrected chi connectivity index (χ4v) is 56.1. The van der Waals surface area contributed by atoms with Crippen LogP contribution in [-0.4, -0.2) is 61.4 Å². The molecule has 0 atom stereocenters. The smallest absolute Gasteiger partial charge is 0.198 e. The van der Waals surface area contributed by atoms with Crippen LogP contribution in [-0.2, 0) is 0 Å². The normalized spacial score (nSPS) is 15.2. The number of thioether (sulfide) groups is 3. The molecule has 0 aliphatic rings. The van der Waals surface area contributed by atoms with Crippen molar-refractivity contribution in [3.8, 4) is 0 Å². The summed E-state index contributed by atoms with van der Waals surface area (Å²) in [5.41, 5.74) is 0. The Kier molecular flexibility index (Phi) is 21.9. The van der Waals surface area contributed by atoms with Crippen LogP contribution in [0, 0.1) is 0 Å². The van der Waals surface area contributed by atoms with Gasteiger partial charge in [-0.2, -0.15) is 30.7 Å². The topological polar surface area (TPSA) is 0 Å². The first-order chi connectivity index (χ1) is 19.0. The van der Waals surface area contributed by atoms with Crippen LogP contribution in [0.15, 0.2) is 0 Å². The first-order valence-electron chi connectivity index (χ1n) is 13.6. The molecule has 0 nitrogen and oxygen atoms in total. The van der Waals surface area contributed by atoms with Gasteiger partial charge in [-0.15, -0.1) is 11.8 Å². The first-order valence-corrected chi connectivity index (χ1v) is 27.9. The Morgan fingerprint density at radius 3 is 1.56 bits per heavy atom. The Hall–Kier alpha value is 3.01. The van der Waals surface area contributed by atoms with E-state index in [0.717, 1.165) is 48.3 Å². The van der Waals surface area contributed by atoms with E-state index in [2.05, 4.69) is 34.6 Å². The lowest BCUT2D eigenvalue weighted by atomic mass is 10.3. The van der Waals surface area contributed by atoms with Crippen molar-refractivity contribution in [2.75, 3.05) is 35.0 Å². The minimum absolute atomic E-state index is 0.0601. The third kappa shape index (κ3) is 16.1. The van der Waals surface area contributed by atoms with Gasteiger partial charge in [-0.1, -0.05) is 132 Å². The minimum Gasteiger partial charge on any atom is -0.198 e. The van der Waals surface area contributed by atoms with Crippen LogP contribution in [0.1, 0.15) is 86.0 Å². The fourth-order valence-electron chi connectivity index (χ4n) is 3.53. The second-order valence-corrected chi connectivity index (χ2v) is 48.7. The average Bonchev–Trinajstić information content (AvgIpc) is 2.84. The molecule has 0 fully saturated rings. The van der Waals surface area contributed by atoms with Gasteiger partial charge >= 0.3 is 6.18 Å². The van der Waals surface area contributed by atoms with Crippen molar-refractivity contribution in [2.45, 2.75) is 112 Å². The SMILES string of the molecule is CCCCSS(SCC)(SCCC)(SCCCCC(SC)(SC(F)F)SC(F)F)(SCCCC(F)(F)F)SC(C)C. The van der Waals surface area contributed by atoms with E-state index in [9.17, 15) is 30.7 Å². The summed E-state index contributed by atoms with van der Waals surface area (Å²) in [6.45, 7) is 10.7. The lowest BCUT2D eigenvalue weighted by Gasteiger charge is -2.75. The molecule has 0 N–H and O–H groups in total. The molecule has 0 aliphatic carbocycles. The number of hydrogen-bond acceptors (Lipinski definition) is 9. The van der Waals surface area contributed by atoms with E-state index in [0.29, 0.717) is 47.9 Å². The Morgan fingerprint density at radius 2 is 1.15 bits per heavy atom. The highest BCUT2D eigenvalue weighted by Gasteiger charge is 2.64. The van der Waals surface area contributed by atoms with Crippen LogP contribution in [0.4, 0.5) is 30.7 Å². The second kappa shape index (κ2) is 20.4. The molecule has 0 spiro atoms. The molecule has 252 valence electrons. The summed E-state index contributed by atoms with van der Waals surface area (Å²) in [5.74, 6) is -1.77. The predicted octanol–water partition coefficient (Wildman–Crippen LogP) is 14.8. The van der Waals surface area contributed by atoms with Gasteiger partial charge in [0.1, 0.15) is 3.41 Å². The molecule has 0 aliphatic heterocycles. The molecule has 17 heteroatoms. The maximum Gasteiger partial charge on any atom is 0.389 e. The fraction of sp³-hybridized carbons (Fsp3) is 1.00. The molecule has 0 aromatic rings. The van der Waals surface area contributed by atoms with Gasteiger partial charge in [0.25, 0.3) is 11.5 Å². The molecule has 0 rings (SSSR count). The molecule has 0 saturated heterocycles. The van der Waals surface area contributed by atoms with Crippen LogP contribution in [0.3, 0.4) is 0 Å². The highest BCUT2D eigenvalue weighted by atomic mass is 34.5. The van der Waals surface area contributed by atoms with Crippen molar-refractivity contribution >= 4 is 103 Å². The lowest BCUT2D eigenvalue weighted by Crippen LogP contribution is -2.20. The summed E-state index contributed by atoms with van der Waals surface area (Å²) < 4.78 is 87.9. The van der Waals surface area contributed by atoms with Gasteiger partial charge in [0.05, 0.1) is 0 Å². The predicted molar refractivity (Wildman–Crippen MR) is 196 cm³/mol. The molecular weight excluding hydrogens is 742 g/mol. The molecule has 0 radical (unpaired) electrons. The van der Waals surface area contributed by atoms with E-state index in [1.165, 1.54) is 0 Å². The number of unbranched alkanes of at least 4 members (excludes halogenated alkanes) is 2. The van der Waals surface area contributed by atoms with Crippen molar-refractivity contribution < 1.29 is 30.7 Å². The van der Waals surface area contributed by atoms with Crippen molar-refractivity contribution in [2.24, 2.45) is 0 Å². The molecule has 0 heterocycles. The Labute approximate surface area is 278 Å². The molecule has 0 aromatic heterocycles. The quantitative estimate of drug-likeness (QED) is 0.0360. The zero-order valence-corrected chi connectivity index (χ0v) is 32.8. The van der Waals surface area contributed by atoms with E-state index in [1.54, 1.807) is 17.0 Å². The van der Waals surface area contributed by atoms with Crippen LogP contribution in [0.25, 0.3) is 0 Å². The molecule has 0 aromatic carbocycles.